The molecule has 0 N–H and O–H groups in total. The van der Waals surface area contributed by atoms with E-state index in [0.717, 1.165) is 17.1 Å². The normalized spacial score (nSPS) is 20.0. The minimum absolute atomic E-state index is 0.0792. The number of halogens is 3. The van der Waals surface area contributed by atoms with Crippen LogP contribution in [-0.4, -0.2) is 11.5 Å². The van der Waals surface area contributed by atoms with Gasteiger partial charge in [0, 0.05) is 11.5 Å². The molecule has 1 aliphatic heterocycles. The first-order chi connectivity index (χ1) is 7.42. The van der Waals surface area contributed by atoms with Gasteiger partial charge in [-0.25, -0.2) is 0 Å². The third-order valence-electron chi connectivity index (χ3n) is 2.57. The van der Waals surface area contributed by atoms with Crippen molar-refractivity contribution in [3.8, 4) is 0 Å². The highest BCUT2D eigenvalue weighted by Crippen LogP contribution is 2.51. The molecule has 1 aliphatic rings. The third-order valence-corrected chi connectivity index (χ3v) is 5.93. The maximum Gasteiger partial charge on any atom is 0.416 e. The number of thioether (sulfide) groups is 2. The summed E-state index contributed by atoms with van der Waals surface area (Å²) in [5, 5.41) is 0. The van der Waals surface area contributed by atoms with E-state index in [2.05, 4.69) is 6.92 Å². The molecule has 0 spiro atoms. The summed E-state index contributed by atoms with van der Waals surface area (Å²) in [6.45, 7) is 2.07. The van der Waals surface area contributed by atoms with E-state index in [9.17, 15) is 13.2 Å². The van der Waals surface area contributed by atoms with Crippen LogP contribution in [0, 0.1) is 0 Å². The Bertz CT molecular complexity index is 364. The van der Waals surface area contributed by atoms with Gasteiger partial charge in [-0.15, -0.1) is 23.5 Å². The molecule has 88 valence electrons. The van der Waals surface area contributed by atoms with Crippen LogP contribution in [0.1, 0.15) is 18.1 Å². The molecule has 1 aromatic carbocycles. The van der Waals surface area contributed by atoms with Crippen LogP contribution in [0.2, 0.25) is 0 Å². The first-order valence-electron chi connectivity index (χ1n) is 4.87. The van der Waals surface area contributed by atoms with Crippen molar-refractivity contribution in [2.75, 3.05) is 11.5 Å². The van der Waals surface area contributed by atoms with Gasteiger partial charge < -0.3 is 0 Å². The number of benzene rings is 1. The first kappa shape index (κ1) is 12.2. The minimum Gasteiger partial charge on any atom is -0.166 e. The smallest absolute Gasteiger partial charge is 0.166 e. The molecular weight excluding hydrogens is 253 g/mol. The molecule has 16 heavy (non-hydrogen) atoms. The van der Waals surface area contributed by atoms with Crippen LogP contribution in [-0.2, 0) is 10.3 Å². The lowest BCUT2D eigenvalue weighted by Crippen LogP contribution is -2.10. The van der Waals surface area contributed by atoms with Gasteiger partial charge in [-0.1, -0.05) is 12.1 Å². The van der Waals surface area contributed by atoms with Gasteiger partial charge in [0.15, 0.2) is 0 Å². The second kappa shape index (κ2) is 4.18. The predicted molar refractivity (Wildman–Crippen MR) is 63.7 cm³/mol. The van der Waals surface area contributed by atoms with Gasteiger partial charge in [0.1, 0.15) is 0 Å². The van der Waals surface area contributed by atoms with Crippen molar-refractivity contribution in [2.24, 2.45) is 0 Å². The summed E-state index contributed by atoms with van der Waals surface area (Å²) in [6, 6.07) is 5.52. The van der Waals surface area contributed by atoms with Gasteiger partial charge in [-0.2, -0.15) is 13.2 Å². The molecule has 5 heteroatoms. The minimum atomic E-state index is -4.24. The fraction of sp³-hybridized carbons (Fsp3) is 0.455. The highest BCUT2D eigenvalue weighted by Gasteiger charge is 2.34. The van der Waals surface area contributed by atoms with Crippen LogP contribution >= 0.6 is 23.5 Å². The lowest BCUT2D eigenvalue weighted by atomic mass is 10.1. The van der Waals surface area contributed by atoms with Gasteiger partial charge in [0.2, 0.25) is 0 Å². The quantitative estimate of drug-likeness (QED) is 0.739. The predicted octanol–water partition coefficient (Wildman–Crippen LogP) is 4.36. The third kappa shape index (κ3) is 2.35. The summed E-state index contributed by atoms with van der Waals surface area (Å²) >= 11 is 3.59. The maximum absolute atomic E-state index is 12.4. The molecule has 1 heterocycles. The number of alkyl halides is 3. The monoisotopic (exact) mass is 264 g/mol. The van der Waals surface area contributed by atoms with Crippen molar-refractivity contribution in [2.45, 2.75) is 17.2 Å². The van der Waals surface area contributed by atoms with E-state index >= 15 is 0 Å². The first-order valence-corrected chi connectivity index (χ1v) is 6.85. The fourth-order valence-corrected chi connectivity index (χ4v) is 4.53. The molecule has 0 atom stereocenters. The van der Waals surface area contributed by atoms with E-state index < -0.39 is 11.7 Å². The molecule has 1 aromatic rings. The van der Waals surface area contributed by atoms with Crippen molar-refractivity contribution in [1.82, 2.24) is 0 Å². The largest absolute Gasteiger partial charge is 0.416 e. The Morgan fingerprint density at radius 1 is 1.06 bits per heavy atom. The topological polar surface area (TPSA) is 0 Å². The molecule has 0 saturated carbocycles. The molecule has 1 fully saturated rings. The lowest BCUT2D eigenvalue weighted by Gasteiger charge is -2.22. The van der Waals surface area contributed by atoms with Crippen LogP contribution in [0.3, 0.4) is 0 Å². The van der Waals surface area contributed by atoms with Gasteiger partial charge >= 0.3 is 6.18 Å². The highest BCUT2D eigenvalue weighted by molar-refractivity contribution is 8.20. The summed E-state index contributed by atoms with van der Waals surface area (Å²) in [7, 11) is 0. The summed E-state index contributed by atoms with van der Waals surface area (Å²) in [5.41, 5.74) is 0.390. The maximum atomic E-state index is 12.4. The van der Waals surface area contributed by atoms with Crippen LogP contribution in [0.15, 0.2) is 24.3 Å². The Kier molecular flexibility index (Phi) is 3.18. The summed E-state index contributed by atoms with van der Waals surface area (Å²) in [4.78, 5) is 0. The Labute approximate surface area is 101 Å². The molecule has 0 nitrogen and oxygen atoms in total. The van der Waals surface area contributed by atoms with E-state index in [1.165, 1.54) is 12.1 Å². The standard InChI is InChI=1S/C11H11F3S2/c1-10(15-6-7-16-10)8-2-4-9(5-3-8)11(12,13)14/h2-5H,6-7H2,1H3. The summed E-state index contributed by atoms with van der Waals surface area (Å²) < 4.78 is 37.1. The zero-order valence-electron chi connectivity index (χ0n) is 8.67. The Morgan fingerprint density at radius 2 is 1.56 bits per heavy atom. The Morgan fingerprint density at radius 3 is 2.00 bits per heavy atom. The van der Waals surface area contributed by atoms with Crippen molar-refractivity contribution in [3.05, 3.63) is 35.4 Å². The number of hydrogen-bond donors (Lipinski definition) is 0. The molecule has 0 amide bonds. The van der Waals surface area contributed by atoms with Crippen LogP contribution < -0.4 is 0 Å². The van der Waals surface area contributed by atoms with E-state index in [-0.39, 0.29) is 4.08 Å². The Hall–Kier alpha value is -0.290. The van der Waals surface area contributed by atoms with E-state index in [0.29, 0.717) is 0 Å². The summed E-state index contributed by atoms with van der Waals surface area (Å²) in [5.74, 6) is 2.12. The second-order valence-electron chi connectivity index (χ2n) is 3.72. The molecular formula is C11H11F3S2. The molecule has 0 radical (unpaired) electrons. The number of rotatable bonds is 1. The van der Waals surface area contributed by atoms with Crippen LogP contribution in [0.5, 0.6) is 0 Å². The molecule has 0 aromatic heterocycles. The van der Waals surface area contributed by atoms with Gasteiger partial charge in [-0.3, -0.25) is 0 Å². The van der Waals surface area contributed by atoms with Crippen LogP contribution in [0.4, 0.5) is 13.2 Å². The van der Waals surface area contributed by atoms with Crippen molar-refractivity contribution >= 4 is 23.5 Å². The molecule has 1 saturated heterocycles. The molecule has 0 bridgehead atoms. The molecule has 0 aliphatic carbocycles. The SMILES string of the molecule is CC1(c2ccc(C(F)(F)F)cc2)SCCS1. The van der Waals surface area contributed by atoms with Crippen molar-refractivity contribution < 1.29 is 13.2 Å². The van der Waals surface area contributed by atoms with E-state index in [1.54, 1.807) is 35.7 Å². The highest BCUT2D eigenvalue weighted by atomic mass is 32.2. The average molecular weight is 264 g/mol. The average Bonchev–Trinajstić information content (AvgIpc) is 2.66. The molecule has 0 unspecified atom stereocenters. The van der Waals surface area contributed by atoms with Gasteiger partial charge in [-0.05, 0) is 24.6 Å². The van der Waals surface area contributed by atoms with Gasteiger partial charge in [0.05, 0.1) is 9.64 Å². The van der Waals surface area contributed by atoms with Crippen LogP contribution in [0.25, 0.3) is 0 Å². The Balaban J connectivity index is 2.26. The van der Waals surface area contributed by atoms with Crippen molar-refractivity contribution in [3.63, 3.8) is 0 Å². The molecule has 2 rings (SSSR count). The van der Waals surface area contributed by atoms with Crippen molar-refractivity contribution in [1.29, 1.82) is 0 Å². The summed E-state index contributed by atoms with van der Waals surface area (Å²) in [6.07, 6.45) is -4.24. The second-order valence-corrected chi connectivity index (χ2v) is 7.00. The zero-order chi connectivity index (χ0) is 11.8. The van der Waals surface area contributed by atoms with E-state index in [1.807, 2.05) is 0 Å². The zero-order valence-corrected chi connectivity index (χ0v) is 10.3. The van der Waals surface area contributed by atoms with Gasteiger partial charge in [0.25, 0.3) is 0 Å². The lowest BCUT2D eigenvalue weighted by molar-refractivity contribution is -0.137. The van der Waals surface area contributed by atoms with E-state index in [4.69, 9.17) is 0 Å². The fourth-order valence-electron chi connectivity index (χ4n) is 1.64. The number of hydrogen-bond acceptors (Lipinski definition) is 2.